The maximum atomic E-state index is 6.35. The summed E-state index contributed by atoms with van der Waals surface area (Å²) in [5.41, 5.74) is 7.67. The van der Waals surface area contributed by atoms with E-state index >= 15 is 0 Å². The lowest BCUT2D eigenvalue weighted by Gasteiger charge is -2.20. The van der Waals surface area contributed by atoms with Crippen LogP contribution in [-0.2, 0) is 18.4 Å². The van der Waals surface area contributed by atoms with Gasteiger partial charge in [0.05, 0.1) is 5.69 Å². The molecule has 0 unspecified atom stereocenters. The second kappa shape index (κ2) is 5.56. The molecule has 0 aliphatic carbocycles. The molecule has 0 fully saturated rings. The number of imidazole rings is 1. The number of rotatable bonds is 4. The maximum Gasteiger partial charge on any atom is 0.126 e. The monoisotopic (exact) mass is 265 g/mol. The van der Waals surface area contributed by atoms with E-state index < -0.39 is 0 Å². The van der Waals surface area contributed by atoms with Gasteiger partial charge in [-0.1, -0.05) is 54.9 Å². The van der Waals surface area contributed by atoms with E-state index in [4.69, 9.17) is 10.7 Å². The third-order valence-corrected chi connectivity index (χ3v) is 3.19. The van der Waals surface area contributed by atoms with Gasteiger partial charge in [-0.2, -0.15) is 0 Å². The third kappa shape index (κ3) is 4.26. The predicted molar refractivity (Wildman–Crippen MR) is 83.4 cm³/mol. The lowest BCUT2D eigenvalue weighted by Crippen LogP contribution is -2.20. The first-order valence-corrected chi connectivity index (χ1v) is 7.41. The van der Waals surface area contributed by atoms with E-state index in [-0.39, 0.29) is 10.8 Å². The molecule has 0 radical (unpaired) electrons. The summed E-state index contributed by atoms with van der Waals surface area (Å²) >= 11 is 0. The first-order valence-electron chi connectivity index (χ1n) is 7.41. The van der Waals surface area contributed by atoms with Gasteiger partial charge in [-0.15, -0.1) is 0 Å². The van der Waals surface area contributed by atoms with Crippen LogP contribution in [0, 0.1) is 5.41 Å². The summed E-state index contributed by atoms with van der Waals surface area (Å²) in [5.74, 6) is 1.99. The molecule has 2 N–H and O–H groups in total. The quantitative estimate of drug-likeness (QED) is 0.888. The average molecular weight is 265 g/mol. The molecular weight excluding hydrogens is 234 g/mol. The highest BCUT2D eigenvalue weighted by atomic mass is 15.1. The smallest absolute Gasteiger partial charge is 0.126 e. The summed E-state index contributed by atoms with van der Waals surface area (Å²) in [4.78, 5) is 4.86. The highest BCUT2D eigenvalue weighted by molar-refractivity contribution is 5.40. The van der Waals surface area contributed by atoms with Crippen LogP contribution in [0.15, 0.2) is 0 Å². The van der Waals surface area contributed by atoms with Crippen molar-refractivity contribution < 1.29 is 0 Å². The molecule has 0 saturated heterocycles. The molecule has 0 atom stereocenters. The van der Waals surface area contributed by atoms with Crippen molar-refractivity contribution in [2.75, 3.05) is 5.73 Å². The summed E-state index contributed by atoms with van der Waals surface area (Å²) < 4.78 is 2.23. The normalized spacial score (nSPS) is 13.0. The van der Waals surface area contributed by atoms with Gasteiger partial charge in [-0.05, 0) is 18.3 Å². The van der Waals surface area contributed by atoms with Crippen molar-refractivity contribution in [3.63, 3.8) is 0 Å². The minimum atomic E-state index is 0.0397. The number of nitrogens with zero attached hydrogens (tertiary/aromatic N) is 2. The fraction of sp³-hybridized carbons (Fsp3) is 0.812. The van der Waals surface area contributed by atoms with Gasteiger partial charge in [0.15, 0.2) is 0 Å². The van der Waals surface area contributed by atoms with Crippen molar-refractivity contribution in [1.82, 2.24) is 9.55 Å². The van der Waals surface area contributed by atoms with E-state index in [9.17, 15) is 0 Å². The van der Waals surface area contributed by atoms with E-state index in [1.54, 1.807) is 0 Å². The van der Waals surface area contributed by atoms with Gasteiger partial charge in [0, 0.05) is 12.0 Å². The zero-order chi connectivity index (χ0) is 14.8. The molecule has 1 heterocycles. The zero-order valence-corrected chi connectivity index (χ0v) is 13.8. The number of aromatic nitrogens is 2. The van der Waals surface area contributed by atoms with Gasteiger partial charge in [-0.3, -0.25) is 0 Å². The topological polar surface area (TPSA) is 43.8 Å². The van der Waals surface area contributed by atoms with Crippen molar-refractivity contribution in [3.8, 4) is 0 Å². The Hall–Kier alpha value is -0.990. The molecule has 3 nitrogen and oxygen atoms in total. The Morgan fingerprint density at radius 1 is 1.11 bits per heavy atom. The van der Waals surface area contributed by atoms with Gasteiger partial charge in [-0.25, -0.2) is 4.98 Å². The Kier molecular flexibility index (Phi) is 4.70. The van der Waals surface area contributed by atoms with Crippen molar-refractivity contribution in [3.05, 3.63) is 11.5 Å². The number of unbranched alkanes of at least 4 members (excludes halogenated alkanes) is 1. The largest absolute Gasteiger partial charge is 0.384 e. The van der Waals surface area contributed by atoms with E-state index in [0.717, 1.165) is 36.7 Å². The van der Waals surface area contributed by atoms with Gasteiger partial charge in [0.25, 0.3) is 0 Å². The Morgan fingerprint density at radius 3 is 2.11 bits per heavy atom. The van der Waals surface area contributed by atoms with E-state index in [2.05, 4.69) is 53.0 Å². The average Bonchev–Trinajstić information content (AvgIpc) is 2.51. The minimum absolute atomic E-state index is 0.0397. The Bertz CT molecular complexity index is 416. The lowest BCUT2D eigenvalue weighted by molar-refractivity contribution is 0.406. The molecule has 1 aromatic heterocycles. The second-order valence-corrected chi connectivity index (χ2v) is 7.76. The molecule has 0 aromatic carbocycles. The minimum Gasteiger partial charge on any atom is -0.384 e. The Balaban J connectivity index is 3.19. The molecule has 110 valence electrons. The molecule has 1 aromatic rings. The van der Waals surface area contributed by atoms with E-state index in [1.807, 2.05) is 0 Å². The number of nitrogen functional groups attached to an aromatic ring is 1. The van der Waals surface area contributed by atoms with E-state index in [0.29, 0.717) is 0 Å². The lowest BCUT2D eigenvalue weighted by atomic mass is 9.90. The molecule has 0 aliphatic rings. The molecule has 0 amide bonds. The van der Waals surface area contributed by atoms with Crippen LogP contribution in [0.1, 0.15) is 72.8 Å². The molecule has 3 heteroatoms. The Morgan fingerprint density at radius 2 is 1.68 bits per heavy atom. The summed E-state index contributed by atoms with van der Waals surface area (Å²) in [6, 6.07) is 0. The third-order valence-electron chi connectivity index (χ3n) is 3.19. The number of nitrogens with two attached hydrogens (primary N) is 1. The van der Waals surface area contributed by atoms with Crippen LogP contribution in [0.2, 0.25) is 0 Å². The first kappa shape index (κ1) is 16.1. The summed E-state index contributed by atoms with van der Waals surface area (Å²) in [7, 11) is 0. The highest BCUT2D eigenvalue weighted by Gasteiger charge is 2.26. The maximum absolute atomic E-state index is 6.35. The van der Waals surface area contributed by atoms with Gasteiger partial charge in [0.2, 0.25) is 0 Å². The standard InChI is InChI=1S/C16H31N3/c1-8-9-10-19-13(17)12(11-15(2,3)4)18-14(19)16(5,6)7/h8-11,17H2,1-7H3. The van der Waals surface area contributed by atoms with Crippen LogP contribution >= 0.6 is 0 Å². The summed E-state index contributed by atoms with van der Waals surface area (Å²) in [5, 5.41) is 0. The van der Waals surface area contributed by atoms with Gasteiger partial charge >= 0.3 is 0 Å². The SMILES string of the molecule is CCCCn1c(C(C)(C)C)nc(CC(C)(C)C)c1N. The molecular formula is C16H31N3. The van der Waals surface area contributed by atoms with Crippen LogP contribution in [0.3, 0.4) is 0 Å². The summed E-state index contributed by atoms with van der Waals surface area (Å²) in [6.45, 7) is 16.5. The van der Waals surface area contributed by atoms with E-state index in [1.165, 1.54) is 6.42 Å². The van der Waals surface area contributed by atoms with Crippen molar-refractivity contribution in [1.29, 1.82) is 0 Å². The van der Waals surface area contributed by atoms with Crippen molar-refractivity contribution >= 4 is 5.82 Å². The van der Waals surface area contributed by atoms with Crippen LogP contribution in [0.25, 0.3) is 0 Å². The second-order valence-electron chi connectivity index (χ2n) is 7.76. The summed E-state index contributed by atoms with van der Waals surface area (Å²) in [6.07, 6.45) is 3.26. The van der Waals surface area contributed by atoms with Crippen molar-refractivity contribution in [2.24, 2.45) is 5.41 Å². The van der Waals surface area contributed by atoms with Gasteiger partial charge in [0.1, 0.15) is 11.6 Å². The predicted octanol–water partition coefficient (Wildman–Crippen LogP) is 4.15. The molecule has 0 spiro atoms. The number of hydrogen-bond donors (Lipinski definition) is 1. The number of anilines is 1. The molecule has 1 rings (SSSR count). The Labute approximate surface area is 118 Å². The van der Waals surface area contributed by atoms with Crippen LogP contribution < -0.4 is 5.73 Å². The first-order chi connectivity index (χ1) is 8.56. The number of hydrogen-bond acceptors (Lipinski definition) is 2. The van der Waals surface area contributed by atoms with Crippen LogP contribution in [0.4, 0.5) is 5.82 Å². The van der Waals surface area contributed by atoms with Crippen molar-refractivity contribution in [2.45, 2.75) is 79.7 Å². The molecule has 0 saturated carbocycles. The zero-order valence-electron chi connectivity index (χ0n) is 13.8. The molecule has 0 bridgehead atoms. The highest BCUT2D eigenvalue weighted by Crippen LogP contribution is 2.30. The molecule has 19 heavy (non-hydrogen) atoms. The van der Waals surface area contributed by atoms with Crippen LogP contribution in [-0.4, -0.2) is 9.55 Å². The fourth-order valence-electron chi connectivity index (χ4n) is 2.26. The molecule has 0 aliphatic heterocycles. The van der Waals surface area contributed by atoms with Gasteiger partial charge < -0.3 is 10.3 Å². The fourth-order valence-corrected chi connectivity index (χ4v) is 2.26. The van der Waals surface area contributed by atoms with Crippen LogP contribution in [0.5, 0.6) is 0 Å².